The van der Waals surface area contributed by atoms with Crippen molar-refractivity contribution in [3.05, 3.63) is 90.0 Å². The number of benzene rings is 3. The molecule has 28 heavy (non-hydrogen) atoms. The third-order valence-electron chi connectivity index (χ3n) is 3.80. The van der Waals surface area contributed by atoms with Crippen LogP contribution in [0, 0.1) is 0 Å². The van der Waals surface area contributed by atoms with Gasteiger partial charge in [0.25, 0.3) is 0 Å². The molecule has 3 rings (SSSR count). The van der Waals surface area contributed by atoms with Crippen molar-refractivity contribution in [2.75, 3.05) is 13.7 Å². The monoisotopic (exact) mass is 378 g/mol. The zero-order valence-corrected chi connectivity index (χ0v) is 15.8. The van der Waals surface area contributed by atoms with E-state index in [1.807, 2.05) is 30.3 Å². The fourth-order valence-corrected chi connectivity index (χ4v) is 2.25. The average molecular weight is 378 g/mol. The molecular weight excluding hydrogens is 356 g/mol. The Morgan fingerprint density at radius 2 is 1.25 bits per heavy atom. The van der Waals surface area contributed by atoms with Crippen molar-refractivity contribution in [2.24, 2.45) is 0 Å². The van der Waals surface area contributed by atoms with Crippen LogP contribution in [0.1, 0.15) is 27.6 Å². The molecule has 0 atom stereocenters. The van der Waals surface area contributed by atoms with Crippen molar-refractivity contribution in [3.8, 4) is 17.2 Å². The Morgan fingerprint density at radius 1 is 0.750 bits per heavy atom. The summed E-state index contributed by atoms with van der Waals surface area (Å²) in [6, 6.07) is 23.1. The summed E-state index contributed by atoms with van der Waals surface area (Å²) in [5, 5.41) is 8.75. The second kappa shape index (κ2) is 10.6. The van der Waals surface area contributed by atoms with Crippen molar-refractivity contribution in [3.63, 3.8) is 0 Å². The summed E-state index contributed by atoms with van der Waals surface area (Å²) in [5.41, 5.74) is 1.24. The lowest BCUT2D eigenvalue weighted by molar-refractivity contribution is 0.0903. The van der Waals surface area contributed by atoms with Gasteiger partial charge in [0.05, 0.1) is 7.11 Å². The first-order chi connectivity index (χ1) is 13.5. The number of ether oxygens (including phenoxy) is 2. The van der Waals surface area contributed by atoms with Gasteiger partial charge < -0.3 is 14.6 Å². The van der Waals surface area contributed by atoms with Gasteiger partial charge >= 0.3 is 0 Å². The first-order valence-electron chi connectivity index (χ1n) is 8.65. The zero-order chi connectivity index (χ0) is 20.4. The fraction of sp³-hybridized carbons (Fsp3) is 0.130. The van der Waals surface area contributed by atoms with Crippen LogP contribution in [0.2, 0.25) is 0 Å². The number of methoxy groups -OCH3 is 1. The van der Waals surface area contributed by atoms with Gasteiger partial charge in [-0.1, -0.05) is 30.3 Å². The number of aliphatic hydroxyl groups excluding tert-OH is 1. The third kappa shape index (κ3) is 6.37. The van der Waals surface area contributed by atoms with Gasteiger partial charge in [-0.2, -0.15) is 0 Å². The van der Waals surface area contributed by atoms with E-state index in [-0.39, 0.29) is 11.6 Å². The SMILES string of the molecule is CC(=O)c1ccccc1.COc1ccc(Oc2ccc(C(=O)CO)cc2)cc1. The average Bonchev–Trinajstić information content (AvgIpc) is 2.75. The molecule has 0 aromatic heterocycles. The number of hydrogen-bond acceptors (Lipinski definition) is 5. The lowest BCUT2D eigenvalue weighted by Crippen LogP contribution is -2.03. The number of aliphatic hydroxyl groups is 1. The number of carbonyl (C=O) groups excluding carboxylic acids is 2. The van der Waals surface area contributed by atoms with Crippen molar-refractivity contribution in [1.29, 1.82) is 0 Å². The molecule has 3 aromatic carbocycles. The highest BCUT2D eigenvalue weighted by Crippen LogP contribution is 2.24. The summed E-state index contributed by atoms with van der Waals surface area (Å²) < 4.78 is 10.7. The molecule has 0 unspecified atom stereocenters. The van der Waals surface area contributed by atoms with E-state index in [9.17, 15) is 9.59 Å². The number of ketones is 2. The molecule has 5 heteroatoms. The number of hydrogen-bond donors (Lipinski definition) is 1. The molecule has 0 saturated carbocycles. The van der Waals surface area contributed by atoms with Gasteiger partial charge in [-0.15, -0.1) is 0 Å². The number of Topliss-reactive ketones (excluding diaryl/α,β-unsaturated/α-hetero) is 2. The van der Waals surface area contributed by atoms with E-state index < -0.39 is 6.61 Å². The van der Waals surface area contributed by atoms with Gasteiger partial charge in [0.2, 0.25) is 0 Å². The van der Waals surface area contributed by atoms with Gasteiger partial charge in [-0.3, -0.25) is 9.59 Å². The molecule has 0 spiro atoms. The summed E-state index contributed by atoms with van der Waals surface area (Å²) in [6.07, 6.45) is 0. The summed E-state index contributed by atoms with van der Waals surface area (Å²) in [4.78, 5) is 21.9. The Kier molecular flexibility index (Phi) is 7.93. The summed E-state index contributed by atoms with van der Waals surface area (Å²) in [5.74, 6) is 1.88. The lowest BCUT2D eigenvalue weighted by atomic mass is 10.1. The van der Waals surface area contributed by atoms with E-state index in [2.05, 4.69) is 0 Å². The Balaban J connectivity index is 0.000000261. The Hall–Kier alpha value is -3.44. The Bertz CT molecular complexity index is 885. The van der Waals surface area contributed by atoms with Crippen LogP contribution in [-0.2, 0) is 0 Å². The quantitative estimate of drug-likeness (QED) is 0.637. The Morgan fingerprint density at radius 3 is 1.68 bits per heavy atom. The highest BCUT2D eigenvalue weighted by atomic mass is 16.5. The maximum atomic E-state index is 11.2. The molecule has 144 valence electrons. The van der Waals surface area contributed by atoms with Crippen LogP contribution in [0.3, 0.4) is 0 Å². The molecule has 3 aromatic rings. The van der Waals surface area contributed by atoms with Crippen molar-refractivity contribution in [1.82, 2.24) is 0 Å². The predicted octanol–water partition coefficient (Wildman–Crippen LogP) is 4.55. The zero-order valence-electron chi connectivity index (χ0n) is 15.8. The van der Waals surface area contributed by atoms with Crippen LogP contribution in [0.15, 0.2) is 78.9 Å². The van der Waals surface area contributed by atoms with Crippen LogP contribution in [0.5, 0.6) is 17.2 Å². The molecule has 1 N–H and O–H groups in total. The number of rotatable bonds is 6. The molecule has 0 radical (unpaired) electrons. The predicted molar refractivity (Wildman–Crippen MR) is 107 cm³/mol. The molecule has 0 aliphatic rings. The van der Waals surface area contributed by atoms with Gasteiger partial charge in [0.15, 0.2) is 11.6 Å². The molecule has 0 heterocycles. The molecule has 0 fully saturated rings. The van der Waals surface area contributed by atoms with Crippen LogP contribution in [-0.4, -0.2) is 30.4 Å². The van der Waals surface area contributed by atoms with Crippen LogP contribution in [0.4, 0.5) is 0 Å². The van der Waals surface area contributed by atoms with Gasteiger partial charge in [0.1, 0.15) is 23.9 Å². The Labute approximate surface area is 164 Å². The van der Waals surface area contributed by atoms with E-state index in [0.29, 0.717) is 17.1 Å². The largest absolute Gasteiger partial charge is 0.497 e. The van der Waals surface area contributed by atoms with Crippen LogP contribution in [0.25, 0.3) is 0 Å². The fourth-order valence-electron chi connectivity index (χ4n) is 2.25. The van der Waals surface area contributed by atoms with E-state index in [1.54, 1.807) is 62.6 Å². The standard InChI is InChI=1S/C15H14O4.C8H8O/c1-18-12-6-8-14(9-7-12)19-13-4-2-11(3-5-13)15(17)10-16;1-7(9)8-5-3-2-4-6-8/h2-9,16H,10H2,1H3;2-6H,1H3. The smallest absolute Gasteiger partial charge is 0.188 e. The maximum absolute atomic E-state index is 11.2. The molecule has 0 amide bonds. The molecule has 5 nitrogen and oxygen atoms in total. The van der Waals surface area contributed by atoms with E-state index in [1.165, 1.54) is 0 Å². The molecule has 0 aliphatic heterocycles. The normalized spacial score (nSPS) is 9.68. The van der Waals surface area contributed by atoms with Crippen molar-refractivity contribution >= 4 is 11.6 Å². The molecule has 0 saturated heterocycles. The van der Waals surface area contributed by atoms with Gasteiger partial charge in [-0.25, -0.2) is 0 Å². The summed E-state index contributed by atoms with van der Waals surface area (Å²) in [7, 11) is 1.60. The van der Waals surface area contributed by atoms with Crippen molar-refractivity contribution in [2.45, 2.75) is 6.92 Å². The van der Waals surface area contributed by atoms with E-state index >= 15 is 0 Å². The topological polar surface area (TPSA) is 72.8 Å². The minimum atomic E-state index is -0.487. The first kappa shape index (κ1) is 20.9. The minimum absolute atomic E-state index is 0.121. The van der Waals surface area contributed by atoms with Gasteiger partial charge in [0, 0.05) is 11.1 Å². The molecule has 0 aliphatic carbocycles. The van der Waals surface area contributed by atoms with E-state index in [4.69, 9.17) is 14.6 Å². The summed E-state index contributed by atoms with van der Waals surface area (Å²) >= 11 is 0. The molecule has 0 bridgehead atoms. The molecular formula is C23H22O5. The van der Waals surface area contributed by atoms with Crippen LogP contribution >= 0.6 is 0 Å². The lowest BCUT2D eigenvalue weighted by Gasteiger charge is -2.07. The highest BCUT2D eigenvalue weighted by molar-refractivity contribution is 5.97. The second-order valence-electron chi connectivity index (χ2n) is 5.81. The van der Waals surface area contributed by atoms with Crippen molar-refractivity contribution < 1.29 is 24.2 Å². The summed E-state index contributed by atoms with van der Waals surface area (Å²) in [6.45, 7) is 1.08. The third-order valence-corrected chi connectivity index (χ3v) is 3.80. The van der Waals surface area contributed by atoms with E-state index in [0.717, 1.165) is 11.3 Å². The minimum Gasteiger partial charge on any atom is -0.497 e. The number of carbonyl (C=O) groups is 2. The maximum Gasteiger partial charge on any atom is 0.188 e. The highest BCUT2D eigenvalue weighted by Gasteiger charge is 2.04. The van der Waals surface area contributed by atoms with Gasteiger partial charge in [-0.05, 0) is 55.5 Å². The van der Waals surface area contributed by atoms with Crippen LogP contribution < -0.4 is 9.47 Å². The second-order valence-corrected chi connectivity index (χ2v) is 5.81. The first-order valence-corrected chi connectivity index (χ1v) is 8.65.